The van der Waals surface area contributed by atoms with E-state index >= 15 is 0 Å². The van der Waals surface area contributed by atoms with Gasteiger partial charge in [-0.25, -0.2) is 4.79 Å². The largest absolute Gasteiger partial charge is 0.338 e. The SMILES string of the molecule is CCNC(=O)N1CCC(C(C)C)C1.[HH]. The van der Waals surface area contributed by atoms with Crippen molar-refractivity contribution in [3.63, 3.8) is 0 Å². The van der Waals surface area contributed by atoms with E-state index in [4.69, 9.17) is 0 Å². The number of likely N-dealkylation sites (tertiary alicyclic amines) is 1. The van der Waals surface area contributed by atoms with Crippen molar-refractivity contribution in [1.29, 1.82) is 0 Å². The summed E-state index contributed by atoms with van der Waals surface area (Å²) in [6, 6.07) is 0.102. The van der Waals surface area contributed by atoms with Crippen molar-refractivity contribution >= 4 is 6.03 Å². The summed E-state index contributed by atoms with van der Waals surface area (Å²) in [6.45, 7) is 8.99. The Morgan fingerprint density at radius 3 is 2.85 bits per heavy atom. The van der Waals surface area contributed by atoms with Crippen molar-refractivity contribution in [1.82, 2.24) is 10.2 Å². The lowest BCUT2D eigenvalue weighted by Crippen LogP contribution is -2.38. The summed E-state index contributed by atoms with van der Waals surface area (Å²) < 4.78 is 0. The summed E-state index contributed by atoms with van der Waals surface area (Å²) in [5, 5.41) is 2.83. The van der Waals surface area contributed by atoms with E-state index < -0.39 is 0 Å². The monoisotopic (exact) mass is 186 g/mol. The minimum Gasteiger partial charge on any atom is -0.338 e. The Morgan fingerprint density at radius 2 is 2.38 bits per heavy atom. The molecule has 78 valence electrons. The topological polar surface area (TPSA) is 32.3 Å². The molecule has 1 aliphatic rings. The van der Waals surface area contributed by atoms with Crippen LogP contribution in [0.4, 0.5) is 4.79 Å². The first-order valence-electron chi connectivity index (χ1n) is 5.18. The van der Waals surface area contributed by atoms with Crippen LogP contribution < -0.4 is 5.32 Å². The van der Waals surface area contributed by atoms with Crippen molar-refractivity contribution < 1.29 is 6.22 Å². The van der Waals surface area contributed by atoms with Gasteiger partial charge in [-0.2, -0.15) is 0 Å². The van der Waals surface area contributed by atoms with E-state index in [9.17, 15) is 4.79 Å². The van der Waals surface area contributed by atoms with Crippen molar-refractivity contribution in [2.75, 3.05) is 19.6 Å². The molecule has 0 bridgehead atoms. The van der Waals surface area contributed by atoms with Crippen LogP contribution >= 0.6 is 0 Å². The third-order valence-electron chi connectivity index (χ3n) is 2.78. The van der Waals surface area contributed by atoms with Gasteiger partial charge in [0, 0.05) is 21.1 Å². The molecule has 0 aromatic heterocycles. The van der Waals surface area contributed by atoms with Gasteiger partial charge < -0.3 is 10.2 Å². The Labute approximate surface area is 82.0 Å². The summed E-state index contributed by atoms with van der Waals surface area (Å²) in [6.07, 6.45) is 1.16. The molecular weight excluding hydrogens is 164 g/mol. The molecule has 2 amide bonds. The maximum atomic E-state index is 11.4. The molecule has 0 aromatic rings. The fraction of sp³-hybridized carbons (Fsp3) is 0.900. The van der Waals surface area contributed by atoms with Gasteiger partial charge in [-0.3, -0.25) is 0 Å². The van der Waals surface area contributed by atoms with Crippen LogP contribution in [0.3, 0.4) is 0 Å². The van der Waals surface area contributed by atoms with Crippen LogP contribution in [-0.4, -0.2) is 30.6 Å². The van der Waals surface area contributed by atoms with Crippen molar-refractivity contribution in [3.8, 4) is 0 Å². The molecule has 0 saturated carbocycles. The molecule has 1 atom stereocenters. The van der Waals surface area contributed by atoms with E-state index in [-0.39, 0.29) is 7.46 Å². The van der Waals surface area contributed by atoms with Crippen LogP contribution in [0.1, 0.15) is 28.6 Å². The number of hydrogen-bond acceptors (Lipinski definition) is 1. The normalized spacial score (nSPS) is 22.5. The smallest absolute Gasteiger partial charge is 0.317 e. The standard InChI is InChI=1S/C10H20N2O.H2/c1-4-11-10(13)12-6-5-9(7-12)8(2)3;/h8-9H,4-7H2,1-3H3,(H,11,13);1H. The molecule has 3 heteroatoms. The second-order valence-corrected chi connectivity index (χ2v) is 4.07. The molecule has 1 fully saturated rings. The maximum absolute atomic E-state index is 11.4. The first-order valence-corrected chi connectivity index (χ1v) is 5.18. The van der Waals surface area contributed by atoms with Gasteiger partial charge in [0.2, 0.25) is 0 Å². The molecule has 1 unspecified atom stereocenters. The zero-order chi connectivity index (χ0) is 9.84. The Bertz CT molecular complexity index is 185. The molecule has 0 radical (unpaired) electrons. The fourth-order valence-electron chi connectivity index (χ4n) is 1.78. The number of hydrogen-bond donors (Lipinski definition) is 1. The quantitative estimate of drug-likeness (QED) is 0.702. The number of rotatable bonds is 2. The van der Waals surface area contributed by atoms with E-state index in [1.807, 2.05) is 11.8 Å². The number of nitrogens with zero attached hydrogens (tertiary/aromatic N) is 1. The number of carbonyl (C=O) groups excluding carboxylic acids is 1. The molecule has 3 nitrogen and oxygen atoms in total. The Hall–Kier alpha value is -0.730. The van der Waals surface area contributed by atoms with E-state index in [1.165, 1.54) is 0 Å². The number of nitrogens with one attached hydrogen (secondary N) is 1. The lowest BCUT2D eigenvalue weighted by atomic mass is 9.95. The third-order valence-corrected chi connectivity index (χ3v) is 2.78. The highest BCUT2D eigenvalue weighted by molar-refractivity contribution is 5.74. The number of amides is 2. The van der Waals surface area contributed by atoms with Crippen LogP contribution in [-0.2, 0) is 0 Å². The minimum absolute atomic E-state index is 0. The summed E-state index contributed by atoms with van der Waals surface area (Å²) in [5.74, 6) is 1.39. The van der Waals surface area contributed by atoms with Crippen LogP contribution in [0, 0.1) is 11.8 Å². The van der Waals surface area contributed by atoms with Crippen molar-refractivity contribution in [2.45, 2.75) is 27.2 Å². The average Bonchev–Trinajstić information content (AvgIpc) is 2.52. The van der Waals surface area contributed by atoms with Gasteiger partial charge in [0.15, 0.2) is 0 Å². The average molecular weight is 186 g/mol. The van der Waals surface area contributed by atoms with E-state index in [0.29, 0.717) is 11.8 Å². The summed E-state index contributed by atoms with van der Waals surface area (Å²) >= 11 is 0. The van der Waals surface area contributed by atoms with E-state index in [0.717, 1.165) is 26.1 Å². The molecule has 0 aliphatic carbocycles. The highest BCUT2D eigenvalue weighted by Gasteiger charge is 2.27. The van der Waals surface area contributed by atoms with Crippen LogP contribution in [0.2, 0.25) is 0 Å². The molecule has 1 N–H and O–H groups in total. The first-order chi connectivity index (χ1) is 6.15. The molecule has 1 rings (SSSR count). The fourth-order valence-corrected chi connectivity index (χ4v) is 1.78. The van der Waals surface area contributed by atoms with Gasteiger partial charge in [-0.15, -0.1) is 0 Å². The van der Waals surface area contributed by atoms with Crippen LogP contribution in [0.5, 0.6) is 0 Å². The van der Waals surface area contributed by atoms with Gasteiger partial charge in [0.05, 0.1) is 0 Å². The highest BCUT2D eigenvalue weighted by Crippen LogP contribution is 2.23. The first kappa shape index (κ1) is 10.4. The van der Waals surface area contributed by atoms with E-state index in [2.05, 4.69) is 19.2 Å². The summed E-state index contributed by atoms with van der Waals surface area (Å²) in [7, 11) is 0. The second-order valence-electron chi connectivity index (χ2n) is 4.07. The van der Waals surface area contributed by atoms with Gasteiger partial charge >= 0.3 is 6.03 Å². The van der Waals surface area contributed by atoms with Gasteiger partial charge in [-0.05, 0) is 25.2 Å². The van der Waals surface area contributed by atoms with Crippen LogP contribution in [0.25, 0.3) is 0 Å². The number of carbonyl (C=O) groups is 1. The zero-order valence-electron chi connectivity index (χ0n) is 8.84. The van der Waals surface area contributed by atoms with Crippen molar-refractivity contribution in [2.24, 2.45) is 11.8 Å². The molecule has 0 spiro atoms. The number of urea groups is 1. The Kier molecular flexibility index (Phi) is 3.58. The molecule has 1 aliphatic heterocycles. The lowest BCUT2D eigenvalue weighted by Gasteiger charge is -2.18. The summed E-state index contributed by atoms with van der Waals surface area (Å²) in [5.41, 5.74) is 0. The molecule has 13 heavy (non-hydrogen) atoms. The van der Waals surface area contributed by atoms with E-state index in [1.54, 1.807) is 0 Å². The zero-order valence-corrected chi connectivity index (χ0v) is 8.84. The second kappa shape index (κ2) is 4.49. The maximum Gasteiger partial charge on any atom is 0.317 e. The predicted octanol–water partition coefficient (Wildman–Crippen LogP) is 1.94. The minimum atomic E-state index is 0. The predicted molar refractivity (Wildman–Crippen MR) is 55.7 cm³/mol. The Morgan fingerprint density at radius 1 is 1.69 bits per heavy atom. The highest BCUT2D eigenvalue weighted by atomic mass is 16.2. The van der Waals surface area contributed by atoms with Crippen molar-refractivity contribution in [3.05, 3.63) is 0 Å². The van der Waals surface area contributed by atoms with Gasteiger partial charge in [0.25, 0.3) is 0 Å². The third kappa shape index (κ3) is 2.61. The Balaban J connectivity index is 0.00000169. The lowest BCUT2D eigenvalue weighted by molar-refractivity contribution is 0.206. The van der Waals surface area contributed by atoms with Gasteiger partial charge in [-0.1, -0.05) is 13.8 Å². The van der Waals surface area contributed by atoms with Gasteiger partial charge in [0.1, 0.15) is 0 Å². The summed E-state index contributed by atoms with van der Waals surface area (Å²) in [4.78, 5) is 13.4. The molecule has 0 aromatic carbocycles. The van der Waals surface area contributed by atoms with Crippen LogP contribution in [0.15, 0.2) is 0 Å². The molecular formula is C10H22N2O. The molecule has 1 saturated heterocycles. The molecule has 1 heterocycles.